The number of Topliss-reactive ketones (excluding diaryl/α,β-unsaturated/α-hetero) is 1. The Labute approximate surface area is 184 Å². The third-order valence-corrected chi connectivity index (χ3v) is 6.25. The van der Waals surface area contributed by atoms with Crippen molar-refractivity contribution in [2.45, 2.75) is 39.8 Å². The molecular formula is C21H23ClN5O4+. The number of aliphatic imine (C=N–C) groups is 1. The van der Waals surface area contributed by atoms with Crippen LogP contribution in [-0.4, -0.2) is 58.1 Å². The number of aromatic nitrogens is 2. The van der Waals surface area contributed by atoms with Crippen LogP contribution in [0.3, 0.4) is 0 Å². The summed E-state index contributed by atoms with van der Waals surface area (Å²) in [6, 6.07) is 2.96. The molecule has 1 saturated heterocycles. The number of hydrogen-bond donors (Lipinski definition) is 0. The van der Waals surface area contributed by atoms with Crippen LogP contribution in [0, 0.1) is 13.8 Å². The van der Waals surface area contributed by atoms with Crippen LogP contribution in [0.2, 0.25) is 5.02 Å². The Kier molecular flexibility index (Phi) is 4.88. The number of nitrogens with zero attached hydrogens (tertiary/aromatic N) is 5. The molecule has 0 bridgehead atoms. The maximum Gasteiger partial charge on any atom is 0.407 e. The number of methoxy groups -OCH3 is 1. The lowest BCUT2D eigenvalue weighted by Gasteiger charge is -2.35. The summed E-state index contributed by atoms with van der Waals surface area (Å²) in [7, 11) is 3.12. The summed E-state index contributed by atoms with van der Waals surface area (Å²) in [5, 5.41) is 0.521. The number of imide groups is 1. The second kappa shape index (κ2) is 7.19. The van der Waals surface area contributed by atoms with Gasteiger partial charge in [-0.05, 0) is 39.8 Å². The average molecular weight is 445 g/mol. The Hall–Kier alpha value is -3.20. The molecule has 1 aromatic heterocycles. The highest BCUT2D eigenvalue weighted by Gasteiger charge is 2.55. The van der Waals surface area contributed by atoms with E-state index >= 15 is 0 Å². The fourth-order valence-corrected chi connectivity index (χ4v) is 4.23. The molecule has 2 aliphatic rings. The molecule has 0 aliphatic carbocycles. The van der Waals surface area contributed by atoms with E-state index in [-0.39, 0.29) is 5.78 Å². The van der Waals surface area contributed by atoms with Gasteiger partial charge in [-0.25, -0.2) is 14.3 Å². The maximum atomic E-state index is 13.4. The lowest BCUT2D eigenvalue weighted by molar-refractivity contribution is -0.682. The minimum atomic E-state index is -0.870. The molecule has 1 fully saturated rings. The van der Waals surface area contributed by atoms with Crippen molar-refractivity contribution in [3.8, 4) is 11.4 Å². The smallest absolute Gasteiger partial charge is 0.407 e. The normalized spacial score (nSPS) is 18.7. The predicted molar refractivity (Wildman–Crippen MR) is 113 cm³/mol. The summed E-state index contributed by atoms with van der Waals surface area (Å²) in [6.07, 6.45) is 0. The predicted octanol–water partition coefficient (Wildman–Crippen LogP) is 2.50. The maximum absolute atomic E-state index is 13.4. The Morgan fingerprint density at radius 1 is 1.29 bits per heavy atom. The van der Waals surface area contributed by atoms with Gasteiger partial charge in [0.1, 0.15) is 11.4 Å². The molecule has 3 amide bonds. The van der Waals surface area contributed by atoms with E-state index in [1.54, 1.807) is 43.8 Å². The van der Waals surface area contributed by atoms with Crippen molar-refractivity contribution in [1.29, 1.82) is 0 Å². The molecule has 2 aliphatic heterocycles. The number of amides is 3. The summed E-state index contributed by atoms with van der Waals surface area (Å²) in [5.41, 5.74) is 2.31. The van der Waals surface area contributed by atoms with Crippen LogP contribution in [0.25, 0.3) is 5.69 Å². The van der Waals surface area contributed by atoms with Gasteiger partial charge in [0.05, 0.1) is 13.2 Å². The lowest BCUT2D eigenvalue weighted by Crippen LogP contribution is -2.65. The number of ether oxygens (including phenoxy) is 1. The molecule has 0 saturated carbocycles. The van der Waals surface area contributed by atoms with E-state index in [2.05, 4.69) is 4.99 Å². The largest absolute Gasteiger partial charge is 0.493 e. The minimum absolute atomic E-state index is 0.271. The van der Waals surface area contributed by atoms with E-state index in [0.29, 0.717) is 28.2 Å². The molecule has 2 atom stereocenters. The summed E-state index contributed by atoms with van der Waals surface area (Å²) < 4.78 is 9.16. The Balaban J connectivity index is 1.95. The first-order valence-corrected chi connectivity index (χ1v) is 10.1. The molecule has 0 spiro atoms. The first-order chi connectivity index (χ1) is 14.6. The Morgan fingerprint density at radius 3 is 2.58 bits per heavy atom. The Morgan fingerprint density at radius 2 is 1.97 bits per heavy atom. The molecule has 162 valence electrons. The fourth-order valence-electron chi connectivity index (χ4n) is 4.07. The molecule has 3 heterocycles. The van der Waals surface area contributed by atoms with Crippen molar-refractivity contribution in [2.24, 2.45) is 4.99 Å². The van der Waals surface area contributed by atoms with Gasteiger partial charge in [-0.15, -0.1) is 0 Å². The lowest BCUT2D eigenvalue weighted by atomic mass is 10.1. The number of carbonyl (C=O) groups excluding carboxylic acids is 3. The quantitative estimate of drug-likeness (QED) is 0.678. The van der Waals surface area contributed by atoms with Crippen molar-refractivity contribution < 1.29 is 23.7 Å². The van der Waals surface area contributed by atoms with Gasteiger partial charge in [0.2, 0.25) is 11.9 Å². The van der Waals surface area contributed by atoms with Crippen LogP contribution in [-0.2, 0) is 9.59 Å². The second-order valence-corrected chi connectivity index (χ2v) is 8.14. The summed E-state index contributed by atoms with van der Waals surface area (Å²) >= 11 is 6.25. The zero-order chi connectivity index (χ0) is 22.8. The topological polar surface area (TPSA) is 88.1 Å². The van der Waals surface area contributed by atoms with Gasteiger partial charge in [-0.2, -0.15) is 4.57 Å². The van der Waals surface area contributed by atoms with Crippen LogP contribution >= 0.6 is 11.6 Å². The molecule has 0 radical (unpaired) electrons. The third-order valence-electron chi connectivity index (χ3n) is 6.02. The van der Waals surface area contributed by atoms with Crippen molar-refractivity contribution in [1.82, 2.24) is 14.4 Å². The number of halogens is 1. The highest BCUT2D eigenvalue weighted by Crippen LogP contribution is 2.36. The highest BCUT2D eigenvalue weighted by molar-refractivity contribution is 6.30. The van der Waals surface area contributed by atoms with Crippen LogP contribution in [0.15, 0.2) is 23.2 Å². The van der Waals surface area contributed by atoms with Crippen molar-refractivity contribution in [2.75, 3.05) is 14.2 Å². The standard InChI is InChI=1S/C21H23ClN5O4/c1-10-11(2)26-17-18(24(5)21(30)27(19(17)29)12(3)13(4)28)23-20(26)25(10)15-9-14(22)7-8-16(15)31-6/h7-9,12,17H,1-6H3/q+1. The number of fused-ring (bicyclic) bond motifs is 3. The van der Waals surface area contributed by atoms with E-state index in [1.165, 1.54) is 11.8 Å². The van der Waals surface area contributed by atoms with E-state index < -0.39 is 24.0 Å². The zero-order valence-electron chi connectivity index (χ0n) is 18.1. The number of urea groups is 1. The van der Waals surface area contributed by atoms with E-state index in [9.17, 15) is 14.4 Å². The molecule has 2 unspecified atom stereocenters. The van der Waals surface area contributed by atoms with Gasteiger partial charge >= 0.3 is 12.0 Å². The number of amidine groups is 1. The number of benzene rings is 1. The number of hydrogen-bond acceptors (Lipinski definition) is 5. The monoisotopic (exact) mass is 444 g/mol. The van der Waals surface area contributed by atoms with Gasteiger partial charge in [0, 0.05) is 18.1 Å². The summed E-state index contributed by atoms with van der Waals surface area (Å²) in [5.74, 6) is 0.624. The molecular weight excluding hydrogens is 422 g/mol. The average Bonchev–Trinajstić information content (AvgIpc) is 3.22. The summed E-state index contributed by atoms with van der Waals surface area (Å²) in [6.45, 7) is 6.70. The molecule has 9 nitrogen and oxygen atoms in total. The van der Waals surface area contributed by atoms with Gasteiger partial charge in [-0.1, -0.05) is 16.6 Å². The van der Waals surface area contributed by atoms with E-state index in [1.807, 2.05) is 18.4 Å². The number of ketones is 1. The number of imidazole rings is 1. The minimum Gasteiger partial charge on any atom is -0.493 e. The van der Waals surface area contributed by atoms with Gasteiger partial charge in [0.25, 0.3) is 5.91 Å². The van der Waals surface area contributed by atoms with E-state index in [0.717, 1.165) is 16.3 Å². The zero-order valence-corrected chi connectivity index (χ0v) is 18.9. The number of rotatable bonds is 4. The molecule has 0 N–H and O–H groups in total. The van der Waals surface area contributed by atoms with Crippen molar-refractivity contribution >= 4 is 41.1 Å². The van der Waals surface area contributed by atoms with Crippen molar-refractivity contribution in [3.63, 3.8) is 0 Å². The van der Waals surface area contributed by atoms with Gasteiger partial charge in [0.15, 0.2) is 17.2 Å². The molecule has 4 rings (SSSR count). The third kappa shape index (κ3) is 2.87. The Bertz CT molecular complexity index is 1180. The van der Waals surface area contributed by atoms with E-state index in [4.69, 9.17) is 16.3 Å². The van der Waals surface area contributed by atoms with Crippen LogP contribution in [0.5, 0.6) is 5.75 Å². The molecule has 2 aromatic rings. The first-order valence-electron chi connectivity index (χ1n) is 9.77. The van der Waals surface area contributed by atoms with Crippen LogP contribution < -0.4 is 9.30 Å². The summed E-state index contributed by atoms with van der Waals surface area (Å²) in [4.78, 5) is 45.3. The molecule has 1 aromatic carbocycles. The first kappa shape index (κ1) is 21.0. The van der Waals surface area contributed by atoms with Gasteiger partial charge in [-0.3, -0.25) is 14.5 Å². The fraction of sp³-hybridized carbons (Fsp3) is 0.381. The van der Waals surface area contributed by atoms with Crippen LogP contribution in [0.1, 0.15) is 31.3 Å². The van der Waals surface area contributed by atoms with Crippen LogP contribution in [0.4, 0.5) is 10.7 Å². The van der Waals surface area contributed by atoms with Crippen molar-refractivity contribution in [3.05, 3.63) is 34.6 Å². The molecule has 10 heteroatoms. The highest BCUT2D eigenvalue weighted by atomic mass is 35.5. The second-order valence-electron chi connectivity index (χ2n) is 7.70. The number of likely N-dealkylation sites (N-methyl/N-ethyl adjacent to an activating group) is 1. The molecule has 31 heavy (non-hydrogen) atoms. The SMILES string of the molecule is COc1ccc(Cl)cc1-n1c(C)c(C)[n+]2c1N=C1C2C(=O)N(C(C)C(C)=O)C(=O)N1C. The van der Waals surface area contributed by atoms with Gasteiger partial charge < -0.3 is 4.74 Å². The number of carbonyl (C=O) groups is 3.